The molecule has 0 atom stereocenters. The Labute approximate surface area is 346 Å². The maximum Gasteiger partial charge on any atom is 0.268 e. The number of carbonyl (C=O) groups excluding carboxylic acids is 1. The molecule has 59 heavy (non-hydrogen) atoms. The number of nitrogens with zero attached hydrogens (tertiary/aromatic N) is 5. The molecule has 3 aromatic carbocycles. The molecule has 0 bridgehead atoms. The first-order valence-corrected chi connectivity index (χ1v) is 21.2. The average molecular weight is 828 g/mol. The molecule has 1 aliphatic rings. The van der Waals surface area contributed by atoms with E-state index < -0.39 is 10.0 Å². The van der Waals surface area contributed by atoms with E-state index in [0.29, 0.717) is 84.7 Å². The molecule has 6 rings (SSSR count). The second kappa shape index (κ2) is 20.1. The van der Waals surface area contributed by atoms with Gasteiger partial charge in [-0.3, -0.25) is 4.79 Å². The van der Waals surface area contributed by atoms with Crippen LogP contribution in [0.5, 0.6) is 11.6 Å². The molecule has 1 fully saturated rings. The summed E-state index contributed by atoms with van der Waals surface area (Å²) in [4.78, 5) is 24.8. The van der Waals surface area contributed by atoms with Crippen LogP contribution in [0.25, 0.3) is 11.1 Å². The molecule has 1 aliphatic heterocycles. The lowest BCUT2D eigenvalue weighted by Crippen LogP contribution is -2.41. The zero-order valence-electron chi connectivity index (χ0n) is 34.7. The van der Waals surface area contributed by atoms with Gasteiger partial charge in [-0.15, -0.1) is 0 Å². The van der Waals surface area contributed by atoms with E-state index in [4.69, 9.17) is 38.2 Å². The van der Waals surface area contributed by atoms with Crippen molar-refractivity contribution >= 4 is 21.7 Å². The Hall–Kier alpha value is -5.35. The largest absolute Gasteiger partial charge is 0.497 e. The van der Waals surface area contributed by atoms with Crippen LogP contribution < -0.4 is 13.8 Å². The van der Waals surface area contributed by atoms with Crippen molar-refractivity contribution < 1.29 is 41.4 Å². The fourth-order valence-corrected chi connectivity index (χ4v) is 8.36. The molecule has 0 aliphatic carbocycles. The van der Waals surface area contributed by atoms with Crippen molar-refractivity contribution in [1.29, 1.82) is 0 Å². The minimum absolute atomic E-state index is 0.0293. The quantitative estimate of drug-likeness (QED) is 0.0795. The van der Waals surface area contributed by atoms with E-state index in [2.05, 4.69) is 12.1 Å². The molecule has 15 heteroatoms. The number of rotatable bonds is 19. The van der Waals surface area contributed by atoms with E-state index in [1.807, 2.05) is 49.4 Å². The van der Waals surface area contributed by atoms with Gasteiger partial charge in [-0.1, -0.05) is 61.0 Å². The monoisotopic (exact) mass is 827 g/mol. The molecule has 0 radical (unpaired) electrons. The fourth-order valence-electron chi connectivity index (χ4n) is 6.78. The summed E-state index contributed by atoms with van der Waals surface area (Å²) < 4.78 is 64.5. The van der Waals surface area contributed by atoms with Crippen LogP contribution in [0.15, 0.2) is 76.1 Å². The number of hydrogen-bond donors (Lipinski definition) is 0. The summed E-state index contributed by atoms with van der Waals surface area (Å²) in [6, 6.07) is 20.2. The van der Waals surface area contributed by atoms with Gasteiger partial charge >= 0.3 is 0 Å². The Morgan fingerprint density at radius 2 is 1.64 bits per heavy atom. The SMILES string of the molecule is CCCCc1nc(C)c(CC(=O)N2CCOCC2)c(OCc2ccc(-c3ccccc3S(=O)(=O)N(COC)c3noc(C)c3C)c(COCc3ccc(OC)cc3)c2)n1. The Kier molecular flexibility index (Phi) is 14.7. The van der Waals surface area contributed by atoms with Crippen LogP contribution >= 0.6 is 0 Å². The summed E-state index contributed by atoms with van der Waals surface area (Å²) in [6.07, 6.45) is 2.71. The molecular formula is C44H53N5O9S. The number of carbonyl (C=O) groups is 1. The minimum Gasteiger partial charge on any atom is -0.497 e. The molecule has 0 unspecified atom stereocenters. The Morgan fingerprint density at radius 3 is 2.34 bits per heavy atom. The number of aryl methyl sites for hydroxylation is 3. The summed E-state index contributed by atoms with van der Waals surface area (Å²) >= 11 is 0. The van der Waals surface area contributed by atoms with E-state index in [1.165, 1.54) is 7.11 Å². The molecule has 0 saturated carbocycles. The standard InChI is InChI=1S/C44H53N5O9S/c1-7-8-13-41-45-31(3)39(25-42(50)48-20-22-55-23-21-48)44(46-41)57-27-34-16-19-37(35(24-34)28-56-26-33-14-17-36(54-6)18-15-33)38-11-9-10-12-40(38)59(51,52)49(29-53-5)43-30(2)32(4)58-47-43/h9-12,14-19,24H,7-8,13,20-23,25-29H2,1-6H3. The lowest BCUT2D eigenvalue weighted by Gasteiger charge is -2.27. The Bertz CT molecular complexity index is 2310. The van der Waals surface area contributed by atoms with Gasteiger partial charge < -0.3 is 33.1 Å². The van der Waals surface area contributed by atoms with E-state index in [-0.39, 0.29) is 43.0 Å². The lowest BCUT2D eigenvalue weighted by molar-refractivity contribution is -0.134. The number of unbranched alkanes of at least 4 members (excludes halogenated alkanes) is 1. The number of morpholine rings is 1. The van der Waals surface area contributed by atoms with Crippen molar-refractivity contribution in [3.8, 4) is 22.8 Å². The average Bonchev–Trinajstić information content (AvgIpc) is 3.58. The highest BCUT2D eigenvalue weighted by Gasteiger charge is 2.32. The van der Waals surface area contributed by atoms with E-state index in [1.54, 1.807) is 50.1 Å². The second-order valence-electron chi connectivity index (χ2n) is 14.4. The van der Waals surface area contributed by atoms with Crippen LogP contribution in [0.2, 0.25) is 0 Å². The predicted molar refractivity (Wildman–Crippen MR) is 222 cm³/mol. The summed E-state index contributed by atoms with van der Waals surface area (Å²) in [5.41, 5.74) is 5.55. The van der Waals surface area contributed by atoms with Gasteiger partial charge in [0.05, 0.1) is 44.9 Å². The van der Waals surface area contributed by atoms with Crippen molar-refractivity contribution in [2.75, 3.05) is 51.6 Å². The second-order valence-corrected chi connectivity index (χ2v) is 16.2. The van der Waals surface area contributed by atoms with Gasteiger partial charge in [0.1, 0.15) is 30.7 Å². The Balaban J connectivity index is 1.35. The van der Waals surface area contributed by atoms with Gasteiger partial charge in [0.2, 0.25) is 11.8 Å². The first-order chi connectivity index (χ1) is 28.5. The smallest absolute Gasteiger partial charge is 0.268 e. The molecule has 14 nitrogen and oxygen atoms in total. The van der Waals surface area contributed by atoms with E-state index in [0.717, 1.165) is 39.6 Å². The van der Waals surface area contributed by atoms with Crippen LogP contribution in [0.3, 0.4) is 0 Å². The van der Waals surface area contributed by atoms with Gasteiger partial charge in [0, 0.05) is 49.0 Å². The highest BCUT2D eigenvalue weighted by molar-refractivity contribution is 7.93. The number of ether oxygens (including phenoxy) is 5. The molecule has 5 aromatic rings. The highest BCUT2D eigenvalue weighted by atomic mass is 32.2. The maximum atomic E-state index is 14.6. The van der Waals surface area contributed by atoms with Gasteiger partial charge in [-0.05, 0) is 73.7 Å². The third-order valence-electron chi connectivity index (χ3n) is 10.3. The number of sulfonamides is 1. The minimum atomic E-state index is -4.23. The van der Waals surface area contributed by atoms with Crippen molar-refractivity contribution in [3.63, 3.8) is 0 Å². The summed E-state index contributed by atoms with van der Waals surface area (Å²) in [6.45, 7) is 9.87. The lowest BCUT2D eigenvalue weighted by atomic mass is 9.98. The van der Waals surface area contributed by atoms with Crippen molar-refractivity contribution in [2.45, 2.75) is 78.1 Å². The number of methoxy groups -OCH3 is 2. The Morgan fingerprint density at radius 1 is 0.898 bits per heavy atom. The van der Waals surface area contributed by atoms with Gasteiger partial charge in [-0.2, -0.15) is 4.98 Å². The number of aromatic nitrogens is 3. The van der Waals surface area contributed by atoms with E-state index in [9.17, 15) is 13.2 Å². The van der Waals surface area contributed by atoms with Crippen LogP contribution in [-0.4, -0.2) is 81.6 Å². The highest BCUT2D eigenvalue weighted by Crippen LogP contribution is 2.36. The molecule has 0 spiro atoms. The molecule has 314 valence electrons. The van der Waals surface area contributed by atoms with Crippen molar-refractivity contribution in [1.82, 2.24) is 20.0 Å². The third kappa shape index (κ3) is 10.5. The molecule has 2 aromatic heterocycles. The molecular weight excluding hydrogens is 775 g/mol. The number of anilines is 1. The predicted octanol–water partition coefficient (Wildman–Crippen LogP) is 6.90. The maximum absolute atomic E-state index is 14.6. The van der Waals surface area contributed by atoms with Crippen LogP contribution in [0, 0.1) is 20.8 Å². The zero-order valence-corrected chi connectivity index (χ0v) is 35.5. The van der Waals surface area contributed by atoms with Crippen LogP contribution in [0.4, 0.5) is 5.82 Å². The topological polar surface area (TPSA) is 156 Å². The van der Waals surface area contributed by atoms with Gasteiger partial charge in [0.15, 0.2) is 5.82 Å². The summed E-state index contributed by atoms with van der Waals surface area (Å²) in [5, 5.41) is 4.07. The zero-order chi connectivity index (χ0) is 41.9. The van der Waals surface area contributed by atoms with Gasteiger partial charge in [0.25, 0.3) is 10.0 Å². The first-order valence-electron chi connectivity index (χ1n) is 19.7. The normalized spacial score (nSPS) is 13.1. The summed E-state index contributed by atoms with van der Waals surface area (Å²) in [5.74, 6) is 2.41. The fraction of sp³-hybridized carbons (Fsp3) is 0.409. The first kappa shape index (κ1) is 43.2. The number of benzene rings is 3. The number of hydrogen-bond acceptors (Lipinski definition) is 12. The molecule has 3 heterocycles. The molecule has 1 amide bonds. The van der Waals surface area contributed by atoms with Gasteiger partial charge in [-0.25, -0.2) is 17.7 Å². The van der Waals surface area contributed by atoms with Crippen LogP contribution in [-0.2, 0) is 61.7 Å². The number of amides is 1. The van der Waals surface area contributed by atoms with Crippen molar-refractivity contribution in [3.05, 3.63) is 112 Å². The third-order valence-corrected chi connectivity index (χ3v) is 12.0. The van der Waals surface area contributed by atoms with E-state index >= 15 is 0 Å². The molecule has 0 N–H and O–H groups in total. The van der Waals surface area contributed by atoms with Crippen molar-refractivity contribution in [2.24, 2.45) is 0 Å². The van der Waals surface area contributed by atoms with Crippen LogP contribution in [0.1, 0.15) is 64.9 Å². The molecule has 1 saturated heterocycles. The summed E-state index contributed by atoms with van der Waals surface area (Å²) in [7, 11) is -1.18.